The second kappa shape index (κ2) is 59.7. The highest BCUT2D eigenvalue weighted by Crippen LogP contribution is 2.30. The van der Waals surface area contributed by atoms with E-state index in [4.69, 9.17) is 89.5 Å². The maximum atomic E-state index is 15.0. The largest absolute Gasteiger partial charge is 0.370 e. The lowest BCUT2D eigenvalue weighted by Crippen LogP contribution is -2.61. The number of fused-ring (bicyclic) bond motifs is 3. The minimum absolute atomic E-state index is 0.00943. The van der Waals surface area contributed by atoms with Gasteiger partial charge in [0.25, 0.3) is 0 Å². The third-order valence-corrected chi connectivity index (χ3v) is 19.6. The van der Waals surface area contributed by atoms with Crippen LogP contribution in [0.25, 0.3) is 21.8 Å². The molecule has 10 amide bonds. The molecule has 42 N–H and O–H groups in total. The average molecular weight is 1730 g/mol. The van der Waals surface area contributed by atoms with Gasteiger partial charge in [0, 0.05) is 112 Å². The second-order valence-electron chi connectivity index (χ2n) is 29.6. The number of carbonyl (C=O) groups is 12. The molecule has 0 bridgehead atoms. The zero-order valence-corrected chi connectivity index (χ0v) is 70.1. The van der Waals surface area contributed by atoms with Crippen LogP contribution in [0, 0.1) is 37.9 Å². The molecule has 0 saturated heterocycles. The Morgan fingerprint density at radius 1 is 0.333 bits per heavy atom. The zero-order chi connectivity index (χ0) is 91.0. The molecule has 0 fully saturated rings. The minimum atomic E-state index is -1.52. The van der Waals surface area contributed by atoms with Crippen molar-refractivity contribution in [1.29, 1.82) is 37.9 Å². The summed E-state index contributed by atoms with van der Waals surface area (Å²) in [7, 11) is 0. The van der Waals surface area contributed by atoms with E-state index in [2.05, 4.69) is 95.0 Å². The van der Waals surface area contributed by atoms with Gasteiger partial charge in [0.2, 0.25) is 59.1 Å². The number of amides is 10. The Balaban J connectivity index is 1.81. The predicted molar refractivity (Wildman–Crippen MR) is 469 cm³/mol. The van der Waals surface area contributed by atoms with Crippen molar-refractivity contribution >= 4 is 135 Å². The number of benzene rings is 2. The number of primary amides is 1. The summed E-state index contributed by atoms with van der Waals surface area (Å²) in [6.45, 7) is 1.90. The van der Waals surface area contributed by atoms with Crippen LogP contribution in [-0.4, -0.2) is 238 Å². The first kappa shape index (κ1) is 104. The van der Waals surface area contributed by atoms with E-state index in [-0.39, 0.29) is 197 Å². The number of guanidine groups is 7. The number of nitrogens with one attached hydrogen (secondary N) is 24. The van der Waals surface area contributed by atoms with Gasteiger partial charge in [-0.25, -0.2) is 0 Å². The molecule has 9 unspecified atom stereocenters. The van der Waals surface area contributed by atoms with Crippen LogP contribution in [0.5, 0.6) is 0 Å². The van der Waals surface area contributed by atoms with Crippen LogP contribution in [0.3, 0.4) is 0 Å². The minimum Gasteiger partial charge on any atom is -0.370 e. The third-order valence-electron chi connectivity index (χ3n) is 19.6. The Morgan fingerprint density at radius 2 is 0.691 bits per heavy atom. The van der Waals surface area contributed by atoms with E-state index >= 15 is 0 Å². The molecule has 1 heterocycles. The van der Waals surface area contributed by atoms with Crippen molar-refractivity contribution in [3.05, 3.63) is 48.0 Å². The SMILES string of the molecule is N=C(N)NCCCC(NC(=O)CCCCCNC(=O)CCn1c2ccccc2c2cc(C=O)ccc21)C(=O)NCCCCCC(=O)NC(CCCNC(=N)N)C(C=O)NC(CCCNC(=N)N)C(=O)NC(CCCNC(=N)N)C(=O)NC(CCCNC(=N)N)C(=O)NC(CCCNC(=N)N)C(=O)NC(CCCNC(=N)N)C(=O)NC(CCCCN)C(N)=O. The maximum Gasteiger partial charge on any atom is 0.243 e. The third kappa shape index (κ3) is 44.3. The number of nitrogens with zero attached hydrogens (tertiary/aromatic N) is 1. The Hall–Kier alpha value is -12.9. The Bertz CT molecular complexity index is 3980. The van der Waals surface area contributed by atoms with Gasteiger partial charge < -0.3 is 146 Å². The fraction of sp³-hybridized carbons (Fsp3) is 0.597. The fourth-order valence-electron chi connectivity index (χ4n) is 13.3. The number of carbonyl (C=O) groups excluding carboxylic acids is 12. The van der Waals surface area contributed by atoms with E-state index < -0.39 is 120 Å². The number of hydrogen-bond acceptors (Lipinski definition) is 21. The highest BCUT2D eigenvalue weighted by atomic mass is 16.2. The molecule has 0 radical (unpaired) electrons. The molecule has 0 aliphatic heterocycles. The summed E-state index contributed by atoms with van der Waals surface area (Å²) < 4.78 is 2.07. The molecule has 1 aromatic heterocycles. The van der Waals surface area contributed by atoms with E-state index in [9.17, 15) is 57.5 Å². The molecule has 3 aromatic rings. The van der Waals surface area contributed by atoms with E-state index in [1.54, 1.807) is 6.07 Å². The number of aldehydes is 2. The van der Waals surface area contributed by atoms with E-state index in [0.29, 0.717) is 89.3 Å². The van der Waals surface area contributed by atoms with Gasteiger partial charge >= 0.3 is 0 Å². The van der Waals surface area contributed by atoms with Crippen molar-refractivity contribution in [1.82, 2.24) is 95.0 Å². The summed E-state index contributed by atoms with van der Waals surface area (Å²) in [5, 5.41) is 102. The highest BCUT2D eigenvalue weighted by Gasteiger charge is 2.35. The number of unbranched alkanes of at least 4 members (excludes halogenated alkanes) is 5. The number of rotatable bonds is 66. The average Bonchev–Trinajstić information content (AvgIpc) is 1.61. The molecule has 0 spiro atoms. The lowest BCUT2D eigenvalue weighted by molar-refractivity contribution is -0.135. The van der Waals surface area contributed by atoms with Crippen molar-refractivity contribution in [2.24, 2.45) is 51.6 Å². The van der Waals surface area contributed by atoms with E-state index in [1.807, 2.05) is 36.4 Å². The Kier molecular flexibility index (Phi) is 50.6. The molecular weight excluding hydrogens is 1590 g/mol. The summed E-state index contributed by atoms with van der Waals surface area (Å²) in [6, 6.07) is 1.63. The molecule has 46 nitrogen and oxygen atoms in total. The van der Waals surface area contributed by atoms with Gasteiger partial charge in [-0.15, -0.1) is 0 Å². The van der Waals surface area contributed by atoms with Gasteiger partial charge in [-0.2, -0.15) is 0 Å². The zero-order valence-electron chi connectivity index (χ0n) is 70.1. The lowest BCUT2D eigenvalue weighted by atomic mass is 10.00. The number of nitrogens with two attached hydrogens (primary N) is 9. The second-order valence-corrected chi connectivity index (χ2v) is 29.6. The highest BCUT2D eigenvalue weighted by molar-refractivity contribution is 6.09. The normalized spacial score (nSPS) is 13.1. The predicted octanol–water partition coefficient (Wildman–Crippen LogP) is -5.27. The molecule has 3 rings (SSSR count). The van der Waals surface area contributed by atoms with E-state index in [1.165, 1.54) is 0 Å². The first-order valence-corrected chi connectivity index (χ1v) is 41.6. The van der Waals surface area contributed by atoms with Crippen LogP contribution in [-0.2, 0) is 59.3 Å². The quantitative estimate of drug-likeness (QED) is 0.0109. The first-order valence-electron chi connectivity index (χ1n) is 41.6. The molecular formula is C77H134N34O12. The smallest absolute Gasteiger partial charge is 0.243 e. The summed E-state index contributed by atoms with van der Waals surface area (Å²) >= 11 is 0. The van der Waals surface area contributed by atoms with Gasteiger partial charge in [-0.05, 0) is 166 Å². The van der Waals surface area contributed by atoms with Crippen LogP contribution in [0.2, 0.25) is 0 Å². The number of hydrogen-bond donors (Lipinski definition) is 33. The van der Waals surface area contributed by atoms with Crippen LogP contribution in [0.4, 0.5) is 0 Å². The summed E-state index contributed by atoms with van der Waals surface area (Å²) in [6.07, 6.45) is 6.19. The van der Waals surface area contributed by atoms with E-state index in [0.717, 1.165) is 28.1 Å². The first-order chi connectivity index (χ1) is 58.8. The van der Waals surface area contributed by atoms with Crippen LogP contribution >= 0.6 is 0 Å². The maximum absolute atomic E-state index is 15.0. The number of aromatic nitrogens is 1. The molecule has 123 heavy (non-hydrogen) atoms. The topological polar surface area (TPSA) is 815 Å². The molecule has 46 heteroatoms. The van der Waals surface area contributed by atoms with Crippen LogP contribution in [0.15, 0.2) is 42.5 Å². The van der Waals surface area contributed by atoms with Crippen LogP contribution < -0.4 is 142 Å². The monoisotopic (exact) mass is 1730 g/mol. The van der Waals surface area contributed by atoms with Gasteiger partial charge in [0.05, 0.1) is 18.1 Å². The number of aryl methyl sites for hydroxylation is 1. The van der Waals surface area contributed by atoms with Crippen LogP contribution in [0.1, 0.15) is 177 Å². The van der Waals surface area contributed by atoms with Gasteiger partial charge in [-0.3, -0.25) is 95.9 Å². The molecule has 2 aromatic carbocycles. The molecule has 0 aliphatic carbocycles. The Labute approximate surface area is 715 Å². The standard InChI is InChI=1S/C77H134N34O12/c78-33-8-7-19-51(64(79)117)106-67(120)54(23-14-39-99-74(86)87)108-69(122)56(25-16-41-101-76(90)91)110-70(123)57(26-17-42-102-77(92)93)109-68(121)55(24-15-40-100-75(88)89)107-66(119)53(22-13-38-98-73(84)85)103-58(46-113)50(20-11-36-96-71(80)81)104-62(115)28-4-2-10-35-95-65(118)52(21-12-37-97-72(82)83)105-63(116)29-3-1-9-34-94-61(114)32-43-111-59-27-6-5-18-48(59)49-44-47(45-112)30-31-60(49)111/h5-6,18,27,30-31,44-46,50-58,103H,1-4,7-17,19-26,28-29,32-43,78H2,(H2,79,117)(H,94,114)(H,95,118)(H,104,115)(H,105,116)(H,106,120)(H,107,119)(H,108,122)(H,109,121)(H,110,123)(H4,80,81,96)(H4,82,83,97)(H4,84,85,98)(H4,86,87,99)(H4,88,89,100)(H4,90,91,101)(H4,92,93,102). The molecule has 0 aliphatic rings. The summed E-state index contributed by atoms with van der Waals surface area (Å²) in [5.74, 6) is -9.30. The van der Waals surface area contributed by atoms with Crippen molar-refractivity contribution in [3.8, 4) is 0 Å². The fourth-order valence-corrected chi connectivity index (χ4v) is 13.3. The lowest BCUT2D eigenvalue weighted by Gasteiger charge is -2.30. The summed E-state index contributed by atoms with van der Waals surface area (Å²) in [5.41, 5.74) is 52.6. The van der Waals surface area contributed by atoms with Crippen molar-refractivity contribution in [2.75, 3.05) is 65.4 Å². The van der Waals surface area contributed by atoms with Crippen molar-refractivity contribution in [3.63, 3.8) is 0 Å². The van der Waals surface area contributed by atoms with Gasteiger partial charge in [0.1, 0.15) is 48.8 Å². The molecule has 9 atom stereocenters. The number of para-hydroxylation sites is 1. The van der Waals surface area contributed by atoms with Crippen molar-refractivity contribution in [2.45, 2.75) is 228 Å². The molecule has 684 valence electrons. The summed E-state index contributed by atoms with van der Waals surface area (Å²) in [4.78, 5) is 164. The Morgan fingerprint density at radius 3 is 1.10 bits per heavy atom. The van der Waals surface area contributed by atoms with Gasteiger partial charge in [0.15, 0.2) is 41.7 Å². The molecule has 0 saturated carbocycles. The van der Waals surface area contributed by atoms with Crippen molar-refractivity contribution < 1.29 is 57.5 Å². The van der Waals surface area contributed by atoms with Gasteiger partial charge in [-0.1, -0.05) is 31.0 Å².